The van der Waals surface area contributed by atoms with E-state index in [0.717, 1.165) is 0 Å². The van der Waals surface area contributed by atoms with Gasteiger partial charge in [0.15, 0.2) is 0 Å². The molecular formula is C11H8F4O2. The number of rotatable bonds is 3. The Morgan fingerprint density at radius 1 is 1.24 bits per heavy atom. The molecule has 0 aliphatic rings. The minimum absolute atomic E-state index is 0.279. The van der Waals surface area contributed by atoms with E-state index in [2.05, 4.69) is 4.74 Å². The Morgan fingerprint density at radius 3 is 2.35 bits per heavy atom. The lowest BCUT2D eigenvalue weighted by molar-refractivity contribution is -0.143. The third-order valence-electron chi connectivity index (χ3n) is 1.70. The van der Waals surface area contributed by atoms with Crippen molar-refractivity contribution in [3.63, 3.8) is 0 Å². The molecule has 0 N–H and O–H groups in total. The molecule has 0 saturated carbocycles. The highest BCUT2D eigenvalue weighted by Crippen LogP contribution is 2.19. The molecule has 0 heterocycles. The van der Waals surface area contributed by atoms with Crippen molar-refractivity contribution in [2.24, 2.45) is 0 Å². The summed E-state index contributed by atoms with van der Waals surface area (Å²) in [7, 11) is 0. The predicted molar refractivity (Wildman–Crippen MR) is 51.5 cm³/mol. The van der Waals surface area contributed by atoms with Gasteiger partial charge < -0.3 is 4.74 Å². The average molecular weight is 248 g/mol. The van der Waals surface area contributed by atoms with Gasteiger partial charge in [-0.05, 0) is 5.56 Å². The third-order valence-corrected chi connectivity index (χ3v) is 1.70. The molecule has 0 fully saturated rings. The predicted octanol–water partition coefficient (Wildman–Crippen LogP) is 3.15. The van der Waals surface area contributed by atoms with E-state index >= 15 is 0 Å². The zero-order valence-corrected chi connectivity index (χ0v) is 8.50. The van der Waals surface area contributed by atoms with Crippen molar-refractivity contribution < 1.29 is 27.1 Å². The van der Waals surface area contributed by atoms with Gasteiger partial charge in [0.05, 0.1) is 6.08 Å². The number of halogens is 4. The van der Waals surface area contributed by atoms with E-state index in [1.807, 2.05) is 0 Å². The fraction of sp³-hybridized carbons (Fsp3) is 0.182. The summed E-state index contributed by atoms with van der Waals surface area (Å²) in [5.74, 6) is -3.60. The molecule has 0 aliphatic carbocycles. The first-order valence-corrected chi connectivity index (χ1v) is 4.54. The van der Waals surface area contributed by atoms with E-state index in [1.165, 1.54) is 0 Å². The quantitative estimate of drug-likeness (QED) is 0.466. The molecule has 0 aliphatic heterocycles. The normalized spacial score (nSPS) is 12.4. The van der Waals surface area contributed by atoms with Crippen LogP contribution < -0.4 is 0 Å². The van der Waals surface area contributed by atoms with Gasteiger partial charge in [-0.3, -0.25) is 0 Å². The molecule has 6 heteroatoms. The van der Waals surface area contributed by atoms with Gasteiger partial charge in [0, 0.05) is 0 Å². The highest BCUT2D eigenvalue weighted by molar-refractivity contribution is 5.86. The van der Waals surface area contributed by atoms with Crippen LogP contribution in [0.3, 0.4) is 0 Å². The van der Waals surface area contributed by atoms with Gasteiger partial charge in [-0.25, -0.2) is 4.79 Å². The number of carbonyl (C=O) groups is 1. The van der Waals surface area contributed by atoms with Crippen LogP contribution in [-0.4, -0.2) is 12.1 Å². The number of esters is 1. The number of carbonyl (C=O) groups excluding carboxylic acids is 1. The lowest BCUT2D eigenvalue weighted by Gasteiger charge is -2.04. The van der Waals surface area contributed by atoms with E-state index in [1.54, 1.807) is 30.3 Å². The van der Waals surface area contributed by atoms with Crippen LogP contribution in [0, 0.1) is 0 Å². The van der Waals surface area contributed by atoms with Crippen molar-refractivity contribution in [1.29, 1.82) is 0 Å². The number of hydrogen-bond acceptors (Lipinski definition) is 2. The number of benzene rings is 1. The summed E-state index contributed by atoms with van der Waals surface area (Å²) in [5.41, 5.74) is 0.556. The minimum Gasteiger partial charge on any atom is -0.456 e. The smallest absolute Gasteiger partial charge is 0.412 e. The number of allylic oxidation sites excluding steroid dienone is 1. The Balaban J connectivity index is 2.54. The Morgan fingerprint density at radius 2 is 1.82 bits per heavy atom. The Hall–Kier alpha value is -1.85. The van der Waals surface area contributed by atoms with Gasteiger partial charge in [0.2, 0.25) is 5.83 Å². The fourth-order valence-corrected chi connectivity index (χ4v) is 0.995. The molecule has 0 atom stereocenters. The maximum atomic E-state index is 12.7. The number of alkyl halides is 3. The average Bonchev–Trinajstić information content (AvgIpc) is 2.25. The second-order valence-corrected chi connectivity index (χ2v) is 3.10. The second-order valence-electron chi connectivity index (χ2n) is 3.10. The van der Waals surface area contributed by atoms with Gasteiger partial charge in [-0.15, -0.1) is 0 Å². The van der Waals surface area contributed by atoms with Gasteiger partial charge in [-0.2, -0.15) is 17.6 Å². The summed E-state index contributed by atoms with van der Waals surface area (Å²) in [6.45, 7) is -0.279. The monoisotopic (exact) mass is 248 g/mol. The van der Waals surface area contributed by atoms with E-state index in [0.29, 0.717) is 5.56 Å². The summed E-state index contributed by atoms with van der Waals surface area (Å²) in [6, 6.07) is 8.23. The first-order chi connectivity index (χ1) is 7.88. The molecule has 1 aromatic rings. The summed E-state index contributed by atoms with van der Waals surface area (Å²) in [4.78, 5) is 10.8. The van der Waals surface area contributed by atoms with Crippen molar-refractivity contribution in [2.45, 2.75) is 12.8 Å². The largest absolute Gasteiger partial charge is 0.456 e. The van der Waals surface area contributed by atoms with Crippen molar-refractivity contribution in [3.05, 3.63) is 47.8 Å². The van der Waals surface area contributed by atoms with Gasteiger partial charge in [0.1, 0.15) is 6.61 Å². The molecule has 17 heavy (non-hydrogen) atoms. The highest BCUT2D eigenvalue weighted by atomic mass is 19.4. The molecule has 0 amide bonds. The number of hydrogen-bond donors (Lipinski definition) is 0. The lowest BCUT2D eigenvalue weighted by Crippen LogP contribution is -2.10. The summed E-state index contributed by atoms with van der Waals surface area (Å²) in [6.07, 6.45) is -5.61. The Bertz CT molecular complexity index is 409. The van der Waals surface area contributed by atoms with Gasteiger partial charge in [-0.1, -0.05) is 30.3 Å². The van der Waals surface area contributed by atoms with Gasteiger partial charge >= 0.3 is 12.1 Å². The molecule has 0 radical (unpaired) electrons. The Labute approximate surface area is 94.5 Å². The molecule has 1 rings (SSSR count). The lowest BCUT2D eigenvalue weighted by atomic mass is 10.2. The van der Waals surface area contributed by atoms with Crippen LogP contribution in [0.15, 0.2) is 42.2 Å². The van der Waals surface area contributed by atoms with Gasteiger partial charge in [0.25, 0.3) is 0 Å². The van der Waals surface area contributed by atoms with Crippen molar-refractivity contribution >= 4 is 5.97 Å². The first kappa shape index (κ1) is 13.2. The van der Waals surface area contributed by atoms with Crippen LogP contribution >= 0.6 is 0 Å². The van der Waals surface area contributed by atoms with Crippen molar-refractivity contribution in [2.75, 3.05) is 0 Å². The van der Waals surface area contributed by atoms with E-state index in [4.69, 9.17) is 0 Å². The van der Waals surface area contributed by atoms with E-state index in [9.17, 15) is 22.4 Å². The minimum atomic E-state index is -4.88. The fourth-order valence-electron chi connectivity index (χ4n) is 0.995. The zero-order chi connectivity index (χ0) is 12.9. The molecule has 1 aromatic carbocycles. The maximum Gasteiger partial charge on any atom is 0.412 e. The molecule has 0 saturated heterocycles. The van der Waals surface area contributed by atoms with E-state index in [-0.39, 0.29) is 6.61 Å². The molecular weight excluding hydrogens is 240 g/mol. The third kappa shape index (κ3) is 5.14. The topological polar surface area (TPSA) is 26.3 Å². The van der Waals surface area contributed by atoms with Crippen molar-refractivity contribution in [1.82, 2.24) is 0 Å². The molecule has 92 valence electrons. The summed E-state index contributed by atoms with van der Waals surface area (Å²) in [5, 5.41) is 0. The molecule has 0 spiro atoms. The molecule has 2 nitrogen and oxygen atoms in total. The standard InChI is InChI=1S/C11H8F4O2/c12-9(6-11(13,14)15)10(16)17-7-8-4-2-1-3-5-8/h1-6H,7H2/b9-6-. The summed E-state index contributed by atoms with van der Waals surface area (Å²) < 4.78 is 52.1. The highest BCUT2D eigenvalue weighted by Gasteiger charge is 2.27. The SMILES string of the molecule is O=C(OCc1ccccc1)/C(F)=C/C(F)(F)F. The number of ether oxygens (including phenoxy) is 1. The van der Waals surface area contributed by atoms with Crippen LogP contribution in [0.25, 0.3) is 0 Å². The second kappa shape index (κ2) is 5.47. The maximum absolute atomic E-state index is 12.7. The van der Waals surface area contributed by atoms with Crippen LogP contribution in [0.1, 0.15) is 5.56 Å². The van der Waals surface area contributed by atoms with Crippen LogP contribution in [0.5, 0.6) is 0 Å². The van der Waals surface area contributed by atoms with Crippen LogP contribution in [-0.2, 0) is 16.1 Å². The summed E-state index contributed by atoms with van der Waals surface area (Å²) >= 11 is 0. The zero-order valence-electron chi connectivity index (χ0n) is 8.50. The van der Waals surface area contributed by atoms with Crippen LogP contribution in [0.2, 0.25) is 0 Å². The Kier molecular flexibility index (Phi) is 4.25. The van der Waals surface area contributed by atoms with Crippen molar-refractivity contribution in [3.8, 4) is 0 Å². The first-order valence-electron chi connectivity index (χ1n) is 4.54. The van der Waals surface area contributed by atoms with E-state index < -0.39 is 24.0 Å². The molecule has 0 bridgehead atoms. The van der Waals surface area contributed by atoms with Crippen LogP contribution in [0.4, 0.5) is 17.6 Å². The molecule has 0 aromatic heterocycles. The molecule has 0 unspecified atom stereocenters.